The highest BCUT2D eigenvalue weighted by Crippen LogP contribution is 2.42. The van der Waals surface area contributed by atoms with E-state index in [1.807, 2.05) is 29.8 Å². The average molecular weight is 530 g/mol. The molecule has 1 atom stereocenters. The zero-order chi connectivity index (χ0) is 27.1. The summed E-state index contributed by atoms with van der Waals surface area (Å²) in [5, 5.41) is 18.2. The van der Waals surface area contributed by atoms with E-state index in [1.54, 1.807) is 18.5 Å². The van der Waals surface area contributed by atoms with Gasteiger partial charge in [-0.25, -0.2) is 0 Å². The molecule has 6 rings (SSSR count). The number of carbonyl (C=O) groups is 2. The molecule has 0 spiro atoms. The van der Waals surface area contributed by atoms with Gasteiger partial charge in [-0.2, -0.15) is 13.2 Å². The van der Waals surface area contributed by atoms with Crippen molar-refractivity contribution in [2.24, 2.45) is 7.05 Å². The fraction of sp³-hybridized carbons (Fsp3) is 0.385. The first kappa shape index (κ1) is 25.9. The fourth-order valence-corrected chi connectivity index (χ4v) is 5.16. The largest absolute Gasteiger partial charge is 0.483 e. The van der Waals surface area contributed by atoms with Gasteiger partial charge in [-0.15, -0.1) is 10.2 Å². The highest BCUT2D eigenvalue weighted by Gasteiger charge is 2.44. The van der Waals surface area contributed by atoms with Crippen LogP contribution < -0.4 is 10.2 Å². The molecule has 0 bridgehead atoms. The van der Waals surface area contributed by atoms with E-state index in [2.05, 4.69) is 15.5 Å². The predicted molar refractivity (Wildman–Crippen MR) is 130 cm³/mol. The summed E-state index contributed by atoms with van der Waals surface area (Å²) in [6.07, 6.45) is -1.53. The number of aryl methyl sites for hydroxylation is 1. The number of hydrogen-bond donors (Lipinski definition) is 2. The summed E-state index contributed by atoms with van der Waals surface area (Å²) in [6.45, 7) is 1.38. The minimum Gasteiger partial charge on any atom is -0.483 e. The van der Waals surface area contributed by atoms with Crippen molar-refractivity contribution in [2.45, 2.75) is 37.0 Å². The van der Waals surface area contributed by atoms with Crippen molar-refractivity contribution >= 4 is 18.1 Å². The van der Waals surface area contributed by atoms with Gasteiger partial charge in [0.05, 0.1) is 25.3 Å². The molecule has 2 N–H and O–H groups in total. The van der Waals surface area contributed by atoms with E-state index in [-0.39, 0.29) is 35.6 Å². The summed E-state index contributed by atoms with van der Waals surface area (Å²) in [4.78, 5) is 23.2. The second kappa shape index (κ2) is 9.84. The number of ether oxygens (including phenoxy) is 1. The molecule has 4 heterocycles. The number of rotatable bonds is 5. The predicted octanol–water partition coefficient (Wildman–Crippen LogP) is 3.24. The summed E-state index contributed by atoms with van der Waals surface area (Å²) < 4.78 is 49.3. The number of alkyl halides is 3. The van der Waals surface area contributed by atoms with E-state index >= 15 is 0 Å². The first-order chi connectivity index (χ1) is 18.2. The normalized spacial score (nSPS) is 19.6. The summed E-state index contributed by atoms with van der Waals surface area (Å²) in [5.41, 5.74) is 1.17. The van der Waals surface area contributed by atoms with Crippen molar-refractivity contribution in [2.75, 3.05) is 24.7 Å². The quantitative estimate of drug-likeness (QED) is 0.489. The van der Waals surface area contributed by atoms with Crippen LogP contribution in [0.5, 0.6) is 0 Å². The topological polar surface area (TPSA) is 110 Å². The molecule has 1 amide bonds. The third kappa shape index (κ3) is 4.54. The lowest BCUT2D eigenvalue weighted by atomic mass is 9.75. The number of nitrogens with zero attached hydrogens (tertiary/aromatic N) is 4. The molecule has 200 valence electrons. The SMILES string of the molecule is Cn1cnnc1CC1(c2cccc(N3Cc4c(cc([C@@H]5CCN5)cc4C(F)(F)F)C3=O)c2)COC1.O=CO. The number of fused-ring (bicyclic) bond motifs is 1. The van der Waals surface area contributed by atoms with Crippen LogP contribution in [0, 0.1) is 0 Å². The van der Waals surface area contributed by atoms with E-state index in [9.17, 15) is 18.0 Å². The van der Waals surface area contributed by atoms with Crippen molar-refractivity contribution in [3.05, 3.63) is 76.4 Å². The molecule has 38 heavy (non-hydrogen) atoms. The van der Waals surface area contributed by atoms with Crippen LogP contribution in [0.25, 0.3) is 0 Å². The Morgan fingerprint density at radius 1 is 1.26 bits per heavy atom. The average Bonchev–Trinajstić information content (AvgIpc) is 3.37. The molecule has 0 saturated carbocycles. The van der Waals surface area contributed by atoms with E-state index in [1.165, 1.54) is 11.0 Å². The minimum absolute atomic E-state index is 0.0387. The lowest BCUT2D eigenvalue weighted by Crippen LogP contribution is -2.49. The standard InChI is InChI=1S/C25H24F3N5O2.CH2O2/c1-32-14-30-31-22(32)10-24(12-35-13-24)16-3-2-4-17(9-16)33-11-19-18(23(33)34)7-15(21-5-6-29-21)8-20(19)25(26,27)28;2-1-3/h2-4,7-9,14,21,29H,5-6,10-13H2,1H3;1H,(H,2,3)/t21-;/m0./s1. The van der Waals surface area contributed by atoms with Gasteiger partial charge in [0, 0.05) is 36.2 Å². The second-order valence-electron chi connectivity index (χ2n) is 9.74. The Kier molecular flexibility index (Phi) is 6.70. The number of halogens is 3. The van der Waals surface area contributed by atoms with Gasteiger partial charge in [0.15, 0.2) is 0 Å². The van der Waals surface area contributed by atoms with Gasteiger partial charge in [-0.1, -0.05) is 12.1 Å². The molecule has 0 aliphatic carbocycles. The van der Waals surface area contributed by atoms with E-state index < -0.39 is 17.6 Å². The summed E-state index contributed by atoms with van der Waals surface area (Å²) in [5.74, 6) is 0.409. The van der Waals surface area contributed by atoms with Crippen LogP contribution in [0.3, 0.4) is 0 Å². The van der Waals surface area contributed by atoms with Gasteiger partial charge in [-0.3, -0.25) is 9.59 Å². The lowest BCUT2D eigenvalue weighted by molar-refractivity contribution is -0.138. The molecule has 12 heteroatoms. The maximum Gasteiger partial charge on any atom is 0.416 e. The number of nitrogens with one attached hydrogen (secondary N) is 1. The number of carboxylic acid groups (broad SMARTS) is 1. The summed E-state index contributed by atoms with van der Waals surface area (Å²) >= 11 is 0. The maximum atomic E-state index is 14.0. The molecule has 2 fully saturated rings. The Labute approximate surface area is 216 Å². The van der Waals surface area contributed by atoms with Crippen molar-refractivity contribution in [1.82, 2.24) is 20.1 Å². The minimum atomic E-state index is -4.54. The molecule has 9 nitrogen and oxygen atoms in total. The maximum absolute atomic E-state index is 14.0. The van der Waals surface area contributed by atoms with Gasteiger partial charge in [-0.05, 0) is 53.9 Å². The molecule has 3 aliphatic rings. The lowest BCUT2D eigenvalue weighted by Gasteiger charge is -2.42. The van der Waals surface area contributed by atoms with Gasteiger partial charge in [0.1, 0.15) is 12.2 Å². The third-order valence-electron chi connectivity index (χ3n) is 7.42. The zero-order valence-corrected chi connectivity index (χ0v) is 20.5. The molecule has 0 unspecified atom stereocenters. The Morgan fingerprint density at radius 2 is 2.00 bits per heavy atom. The molecular formula is C26H26F3N5O4. The third-order valence-corrected chi connectivity index (χ3v) is 7.42. The van der Waals surface area contributed by atoms with Gasteiger partial charge < -0.3 is 24.6 Å². The number of carbonyl (C=O) groups excluding carboxylic acids is 1. The number of aromatic nitrogens is 3. The number of anilines is 1. The van der Waals surface area contributed by atoms with Gasteiger partial charge in [0.25, 0.3) is 12.4 Å². The van der Waals surface area contributed by atoms with Crippen molar-refractivity contribution < 1.29 is 32.6 Å². The van der Waals surface area contributed by atoms with E-state index in [0.717, 1.165) is 24.4 Å². The number of hydrogen-bond acceptors (Lipinski definition) is 6. The number of benzene rings is 2. The van der Waals surface area contributed by atoms with Gasteiger partial charge >= 0.3 is 6.18 Å². The summed E-state index contributed by atoms with van der Waals surface area (Å²) in [7, 11) is 1.88. The second-order valence-corrected chi connectivity index (χ2v) is 9.74. The molecule has 2 aromatic carbocycles. The van der Waals surface area contributed by atoms with Crippen molar-refractivity contribution in [3.8, 4) is 0 Å². The van der Waals surface area contributed by atoms with Crippen LogP contribution in [-0.2, 0) is 41.1 Å². The van der Waals surface area contributed by atoms with Crippen LogP contribution in [0.2, 0.25) is 0 Å². The van der Waals surface area contributed by atoms with Crippen LogP contribution in [0.4, 0.5) is 18.9 Å². The molecule has 1 aromatic heterocycles. The van der Waals surface area contributed by atoms with Crippen LogP contribution in [0.15, 0.2) is 42.7 Å². The van der Waals surface area contributed by atoms with Crippen molar-refractivity contribution in [3.63, 3.8) is 0 Å². The smallest absolute Gasteiger partial charge is 0.416 e. The van der Waals surface area contributed by atoms with Gasteiger partial charge in [0.2, 0.25) is 0 Å². The first-order valence-corrected chi connectivity index (χ1v) is 12.0. The molecule has 3 aromatic rings. The van der Waals surface area contributed by atoms with E-state index in [0.29, 0.717) is 30.9 Å². The fourth-order valence-electron chi connectivity index (χ4n) is 5.16. The van der Waals surface area contributed by atoms with Crippen LogP contribution >= 0.6 is 0 Å². The Hall–Kier alpha value is -3.77. The van der Waals surface area contributed by atoms with Crippen molar-refractivity contribution in [1.29, 1.82) is 0 Å². The molecule has 2 saturated heterocycles. The Balaban J connectivity index is 0.000000937. The van der Waals surface area contributed by atoms with Crippen LogP contribution in [-0.4, -0.2) is 52.0 Å². The zero-order valence-electron chi connectivity index (χ0n) is 20.5. The molecular weight excluding hydrogens is 503 g/mol. The number of amides is 1. The van der Waals surface area contributed by atoms with Crippen LogP contribution in [0.1, 0.15) is 50.9 Å². The summed E-state index contributed by atoms with van der Waals surface area (Å²) in [6, 6.07) is 10.1. The monoisotopic (exact) mass is 529 g/mol. The molecule has 0 radical (unpaired) electrons. The molecule has 3 aliphatic heterocycles. The first-order valence-electron chi connectivity index (χ1n) is 12.0. The highest BCUT2D eigenvalue weighted by molar-refractivity contribution is 6.10. The van der Waals surface area contributed by atoms with E-state index in [4.69, 9.17) is 14.6 Å². The highest BCUT2D eigenvalue weighted by atomic mass is 19.4. The Morgan fingerprint density at radius 3 is 2.55 bits per heavy atom. The Bertz CT molecular complexity index is 1370.